The Morgan fingerprint density at radius 3 is 2.60 bits per heavy atom. The highest BCUT2D eigenvalue weighted by Crippen LogP contribution is 2.06. The number of benzene rings is 1. The Kier molecular flexibility index (Phi) is 4.89. The molecule has 2 aromatic rings. The van der Waals surface area contributed by atoms with Gasteiger partial charge in [0, 0.05) is 22.7 Å². The Bertz CT molecular complexity index is 665. The monoisotopic (exact) mass is 383 g/mol. The number of carbonyl (C=O) groups is 1. The number of nitrogens with one attached hydrogen (secondary N) is 1. The van der Waals surface area contributed by atoms with Gasteiger partial charge in [0.05, 0.1) is 0 Å². The fourth-order valence-electron chi connectivity index (χ4n) is 1.67. The third kappa shape index (κ3) is 3.66. The average molecular weight is 383 g/mol. The van der Waals surface area contributed by atoms with Gasteiger partial charge in [0.25, 0.3) is 11.5 Å². The van der Waals surface area contributed by atoms with Gasteiger partial charge in [-0.1, -0.05) is 12.1 Å². The van der Waals surface area contributed by atoms with Crippen LogP contribution in [0.15, 0.2) is 41.2 Å². The molecule has 0 aliphatic carbocycles. The highest BCUT2D eigenvalue weighted by atomic mass is 127. The maximum absolute atomic E-state index is 12.0. The zero-order valence-corrected chi connectivity index (χ0v) is 13.1. The van der Waals surface area contributed by atoms with Crippen molar-refractivity contribution in [1.29, 1.82) is 0 Å². The number of halogens is 1. The molecule has 0 saturated heterocycles. The molecule has 1 aromatic carbocycles. The van der Waals surface area contributed by atoms with E-state index < -0.39 is 0 Å². The van der Waals surface area contributed by atoms with Crippen molar-refractivity contribution in [2.24, 2.45) is 0 Å². The fraction of sp³-hybridized carbons (Fsp3) is 0.214. The molecular weight excluding hydrogens is 369 g/mol. The first-order chi connectivity index (χ1) is 9.60. The minimum Gasteiger partial charge on any atom is -0.347 e. The molecule has 0 spiro atoms. The molecule has 1 aromatic heterocycles. The van der Waals surface area contributed by atoms with Crippen molar-refractivity contribution < 1.29 is 4.79 Å². The first-order valence-electron chi connectivity index (χ1n) is 6.21. The van der Waals surface area contributed by atoms with Crippen molar-refractivity contribution in [1.82, 2.24) is 15.1 Å². The summed E-state index contributed by atoms with van der Waals surface area (Å²) in [6.07, 6.45) is 0. The van der Waals surface area contributed by atoms with Crippen LogP contribution in [0.2, 0.25) is 0 Å². The molecule has 0 atom stereocenters. The molecule has 1 heterocycles. The largest absolute Gasteiger partial charge is 0.347 e. The van der Waals surface area contributed by atoms with Gasteiger partial charge in [0.2, 0.25) is 0 Å². The van der Waals surface area contributed by atoms with Crippen molar-refractivity contribution in [2.45, 2.75) is 20.0 Å². The van der Waals surface area contributed by atoms with E-state index >= 15 is 0 Å². The third-order valence-corrected chi connectivity index (χ3v) is 3.48. The normalized spacial score (nSPS) is 10.3. The van der Waals surface area contributed by atoms with Crippen LogP contribution in [0.3, 0.4) is 0 Å². The topological polar surface area (TPSA) is 64.0 Å². The van der Waals surface area contributed by atoms with Crippen LogP contribution < -0.4 is 10.9 Å². The number of aromatic nitrogens is 2. The predicted octanol–water partition coefficient (Wildman–Crippen LogP) is 1.80. The minimum absolute atomic E-state index is 0.207. The van der Waals surface area contributed by atoms with Crippen LogP contribution >= 0.6 is 22.6 Å². The van der Waals surface area contributed by atoms with Crippen LogP contribution in [0.25, 0.3) is 0 Å². The standard InChI is InChI=1S/C14H14IN3O2/c1-2-18-13(19)8-7-12(17-18)14(20)16-9-10-3-5-11(15)6-4-10/h3-8H,2,9H2,1H3,(H,16,20). The number of hydrogen-bond donors (Lipinski definition) is 1. The van der Waals surface area contributed by atoms with E-state index in [1.165, 1.54) is 16.8 Å². The zero-order valence-electron chi connectivity index (χ0n) is 11.0. The fourth-order valence-corrected chi connectivity index (χ4v) is 2.03. The summed E-state index contributed by atoms with van der Waals surface area (Å²) in [5, 5.41) is 6.79. The van der Waals surface area contributed by atoms with E-state index in [-0.39, 0.29) is 17.2 Å². The Hall–Kier alpha value is -1.70. The number of nitrogens with zero attached hydrogens (tertiary/aromatic N) is 2. The molecular formula is C14H14IN3O2. The van der Waals surface area contributed by atoms with Crippen molar-refractivity contribution in [3.8, 4) is 0 Å². The summed E-state index contributed by atoms with van der Waals surface area (Å²) in [4.78, 5) is 23.4. The molecule has 0 aliphatic heterocycles. The Morgan fingerprint density at radius 2 is 1.95 bits per heavy atom. The van der Waals surface area contributed by atoms with Gasteiger partial charge in [-0.3, -0.25) is 9.59 Å². The Balaban J connectivity index is 2.05. The summed E-state index contributed by atoms with van der Waals surface area (Å²) in [7, 11) is 0. The van der Waals surface area contributed by atoms with Crippen LogP contribution in [0.5, 0.6) is 0 Å². The molecule has 20 heavy (non-hydrogen) atoms. The molecule has 1 amide bonds. The zero-order chi connectivity index (χ0) is 14.5. The molecule has 5 nitrogen and oxygen atoms in total. The quantitative estimate of drug-likeness (QED) is 0.820. The first kappa shape index (κ1) is 14.7. The molecule has 0 radical (unpaired) electrons. The van der Waals surface area contributed by atoms with Gasteiger partial charge in [-0.2, -0.15) is 5.10 Å². The van der Waals surface area contributed by atoms with Crippen LogP contribution in [-0.4, -0.2) is 15.7 Å². The summed E-state index contributed by atoms with van der Waals surface area (Å²) in [5.74, 6) is -0.286. The maximum Gasteiger partial charge on any atom is 0.271 e. The van der Waals surface area contributed by atoms with E-state index in [0.717, 1.165) is 9.13 Å². The molecule has 0 saturated carbocycles. The van der Waals surface area contributed by atoms with E-state index in [4.69, 9.17) is 0 Å². The van der Waals surface area contributed by atoms with E-state index in [1.54, 1.807) is 0 Å². The lowest BCUT2D eigenvalue weighted by atomic mass is 10.2. The lowest BCUT2D eigenvalue weighted by molar-refractivity contribution is 0.0943. The van der Waals surface area contributed by atoms with E-state index in [2.05, 4.69) is 33.0 Å². The van der Waals surface area contributed by atoms with Crippen LogP contribution in [0, 0.1) is 3.57 Å². The van der Waals surface area contributed by atoms with Gasteiger partial charge >= 0.3 is 0 Å². The van der Waals surface area contributed by atoms with Crippen molar-refractivity contribution >= 4 is 28.5 Å². The average Bonchev–Trinajstić information content (AvgIpc) is 2.47. The molecule has 0 aliphatic rings. The lowest BCUT2D eigenvalue weighted by Gasteiger charge is -2.06. The third-order valence-electron chi connectivity index (χ3n) is 2.77. The van der Waals surface area contributed by atoms with Gasteiger partial charge in [-0.15, -0.1) is 0 Å². The highest BCUT2D eigenvalue weighted by Gasteiger charge is 2.08. The molecule has 0 unspecified atom stereocenters. The van der Waals surface area contributed by atoms with Crippen molar-refractivity contribution in [3.05, 3.63) is 61.6 Å². The summed E-state index contributed by atoms with van der Waals surface area (Å²) in [6, 6.07) is 10.7. The summed E-state index contributed by atoms with van der Waals surface area (Å²) >= 11 is 2.23. The van der Waals surface area contributed by atoms with Crippen LogP contribution in [-0.2, 0) is 13.1 Å². The second-order valence-electron chi connectivity index (χ2n) is 4.18. The minimum atomic E-state index is -0.286. The van der Waals surface area contributed by atoms with Gasteiger partial charge in [0.15, 0.2) is 0 Å². The first-order valence-corrected chi connectivity index (χ1v) is 7.29. The predicted molar refractivity (Wildman–Crippen MR) is 84.5 cm³/mol. The number of amides is 1. The molecule has 6 heteroatoms. The molecule has 0 fully saturated rings. The van der Waals surface area contributed by atoms with E-state index in [9.17, 15) is 9.59 Å². The second kappa shape index (κ2) is 6.65. The van der Waals surface area contributed by atoms with Crippen LogP contribution in [0.1, 0.15) is 23.0 Å². The molecule has 2 rings (SSSR count). The van der Waals surface area contributed by atoms with Crippen molar-refractivity contribution in [3.63, 3.8) is 0 Å². The maximum atomic E-state index is 12.0. The summed E-state index contributed by atoms with van der Waals surface area (Å²) in [5.41, 5.74) is 1.06. The molecule has 0 bridgehead atoms. The molecule has 1 N–H and O–H groups in total. The van der Waals surface area contributed by atoms with Crippen molar-refractivity contribution in [2.75, 3.05) is 0 Å². The molecule has 104 valence electrons. The highest BCUT2D eigenvalue weighted by molar-refractivity contribution is 14.1. The number of rotatable bonds is 4. The Morgan fingerprint density at radius 1 is 1.25 bits per heavy atom. The summed E-state index contributed by atoms with van der Waals surface area (Å²) in [6.45, 7) is 2.68. The smallest absolute Gasteiger partial charge is 0.271 e. The SMILES string of the molecule is CCn1nc(C(=O)NCc2ccc(I)cc2)ccc1=O. The van der Waals surface area contributed by atoms with Crippen LogP contribution in [0.4, 0.5) is 0 Å². The number of hydrogen-bond acceptors (Lipinski definition) is 3. The number of carbonyl (C=O) groups excluding carboxylic acids is 1. The van der Waals surface area contributed by atoms with Gasteiger partial charge in [-0.05, 0) is 53.3 Å². The second-order valence-corrected chi connectivity index (χ2v) is 5.43. The Labute approximate surface area is 130 Å². The summed E-state index contributed by atoms with van der Waals surface area (Å²) < 4.78 is 2.41. The van der Waals surface area contributed by atoms with E-state index in [1.807, 2.05) is 31.2 Å². The van der Waals surface area contributed by atoms with E-state index in [0.29, 0.717) is 13.1 Å². The van der Waals surface area contributed by atoms with Gasteiger partial charge in [0.1, 0.15) is 5.69 Å². The van der Waals surface area contributed by atoms with Gasteiger partial charge in [-0.25, -0.2) is 4.68 Å². The lowest BCUT2D eigenvalue weighted by Crippen LogP contribution is -2.29. The van der Waals surface area contributed by atoms with Gasteiger partial charge < -0.3 is 5.32 Å². The number of aryl methyl sites for hydroxylation is 1.